The maximum absolute atomic E-state index is 12.4. The topological polar surface area (TPSA) is 74.8 Å². The molecule has 0 aliphatic rings. The average Bonchev–Trinajstić information content (AvgIpc) is 2.66. The molecular formula is C22H25N3O2. The number of nitrogens with zero attached hydrogens (tertiary/aromatic N) is 1. The van der Waals surface area contributed by atoms with Crippen molar-refractivity contribution in [1.82, 2.24) is 15.3 Å². The molecule has 140 valence electrons. The van der Waals surface area contributed by atoms with Crippen LogP contribution in [-0.2, 0) is 11.2 Å². The van der Waals surface area contributed by atoms with Gasteiger partial charge >= 0.3 is 0 Å². The lowest BCUT2D eigenvalue weighted by Crippen LogP contribution is -2.31. The molecule has 3 rings (SSSR count). The average molecular weight is 363 g/mol. The summed E-state index contributed by atoms with van der Waals surface area (Å²) in [6.45, 7) is 4.20. The minimum Gasteiger partial charge on any atom is -0.349 e. The van der Waals surface area contributed by atoms with E-state index in [-0.39, 0.29) is 17.5 Å². The molecule has 0 aliphatic carbocycles. The van der Waals surface area contributed by atoms with Crippen LogP contribution in [0.25, 0.3) is 10.9 Å². The zero-order valence-electron chi connectivity index (χ0n) is 15.7. The number of rotatable bonds is 7. The van der Waals surface area contributed by atoms with Crippen molar-refractivity contribution in [3.05, 3.63) is 76.3 Å². The summed E-state index contributed by atoms with van der Waals surface area (Å²) in [5.41, 5.74) is 1.66. The van der Waals surface area contributed by atoms with Gasteiger partial charge in [-0.15, -0.1) is 0 Å². The number of carbonyl (C=O) groups excluding carboxylic acids is 1. The molecule has 0 fully saturated rings. The second-order valence-electron chi connectivity index (χ2n) is 7.08. The zero-order valence-corrected chi connectivity index (χ0v) is 15.7. The lowest BCUT2D eigenvalue weighted by atomic mass is 9.96. The maximum atomic E-state index is 12.4. The molecule has 0 bridgehead atoms. The van der Waals surface area contributed by atoms with Crippen LogP contribution in [0.1, 0.15) is 44.1 Å². The highest BCUT2D eigenvalue weighted by atomic mass is 16.1. The van der Waals surface area contributed by atoms with Gasteiger partial charge in [0.2, 0.25) is 5.91 Å². The number of aryl methyl sites for hydroxylation is 1. The Morgan fingerprint density at radius 2 is 1.78 bits per heavy atom. The van der Waals surface area contributed by atoms with Crippen LogP contribution in [0.4, 0.5) is 0 Å². The molecule has 1 atom stereocenters. The summed E-state index contributed by atoms with van der Waals surface area (Å²) in [5, 5.41) is 3.71. The van der Waals surface area contributed by atoms with E-state index in [4.69, 9.17) is 0 Å². The third-order valence-corrected chi connectivity index (χ3v) is 4.62. The Balaban J connectivity index is 1.58. The molecule has 0 spiro atoms. The lowest BCUT2D eigenvalue weighted by molar-refractivity contribution is -0.122. The number of nitrogens with one attached hydrogen (secondary N) is 2. The van der Waals surface area contributed by atoms with Gasteiger partial charge in [0.1, 0.15) is 5.82 Å². The van der Waals surface area contributed by atoms with Gasteiger partial charge in [-0.3, -0.25) is 9.59 Å². The fourth-order valence-electron chi connectivity index (χ4n) is 3.21. The molecule has 0 saturated carbocycles. The quantitative estimate of drug-likeness (QED) is 0.671. The zero-order chi connectivity index (χ0) is 19.2. The number of amides is 1. The molecule has 2 N–H and O–H groups in total. The Morgan fingerprint density at radius 1 is 1.07 bits per heavy atom. The molecule has 5 heteroatoms. The first-order chi connectivity index (χ1) is 13.0. The van der Waals surface area contributed by atoms with Gasteiger partial charge in [0.25, 0.3) is 5.56 Å². The molecule has 1 amide bonds. The van der Waals surface area contributed by atoms with Crippen molar-refractivity contribution in [2.75, 3.05) is 0 Å². The Kier molecular flexibility index (Phi) is 6.01. The summed E-state index contributed by atoms with van der Waals surface area (Å²) in [4.78, 5) is 31.8. The standard InChI is InChI=1S/C22H25N3O2/c1-15(2)21(16-9-4-3-5-10-16)25-20(26)14-8-13-19-23-18-12-7-6-11-17(18)22(27)24-19/h3-7,9-12,15,21H,8,13-14H2,1-2H3,(H,25,26)(H,23,24,27). The highest BCUT2D eigenvalue weighted by Gasteiger charge is 2.17. The van der Waals surface area contributed by atoms with Crippen molar-refractivity contribution in [1.29, 1.82) is 0 Å². The maximum Gasteiger partial charge on any atom is 0.258 e. The van der Waals surface area contributed by atoms with Gasteiger partial charge in [-0.05, 0) is 30.0 Å². The van der Waals surface area contributed by atoms with Gasteiger partial charge in [-0.1, -0.05) is 56.3 Å². The van der Waals surface area contributed by atoms with Crippen LogP contribution in [0.3, 0.4) is 0 Å². The largest absolute Gasteiger partial charge is 0.349 e. The van der Waals surface area contributed by atoms with Crippen molar-refractivity contribution in [2.45, 2.75) is 39.2 Å². The van der Waals surface area contributed by atoms with E-state index >= 15 is 0 Å². The lowest BCUT2D eigenvalue weighted by Gasteiger charge is -2.23. The van der Waals surface area contributed by atoms with E-state index in [2.05, 4.69) is 29.1 Å². The Bertz CT molecular complexity index is 964. The number of aromatic amines is 1. The number of H-pyrrole nitrogens is 1. The van der Waals surface area contributed by atoms with Crippen molar-refractivity contribution >= 4 is 16.8 Å². The minimum atomic E-state index is -0.135. The van der Waals surface area contributed by atoms with E-state index < -0.39 is 0 Å². The summed E-state index contributed by atoms with van der Waals surface area (Å²) in [5.74, 6) is 0.936. The van der Waals surface area contributed by atoms with Gasteiger partial charge in [0.05, 0.1) is 16.9 Å². The first-order valence-electron chi connectivity index (χ1n) is 9.37. The second-order valence-corrected chi connectivity index (χ2v) is 7.08. The first-order valence-corrected chi connectivity index (χ1v) is 9.37. The highest BCUT2D eigenvalue weighted by molar-refractivity contribution is 5.77. The van der Waals surface area contributed by atoms with Gasteiger partial charge in [0, 0.05) is 12.8 Å². The molecule has 5 nitrogen and oxygen atoms in total. The van der Waals surface area contributed by atoms with Gasteiger partial charge < -0.3 is 10.3 Å². The molecule has 0 saturated heterocycles. The summed E-state index contributed by atoms with van der Waals surface area (Å²) in [7, 11) is 0. The van der Waals surface area contributed by atoms with E-state index in [9.17, 15) is 9.59 Å². The molecule has 1 aromatic heterocycles. The fraction of sp³-hybridized carbons (Fsp3) is 0.318. The monoisotopic (exact) mass is 363 g/mol. The molecular weight excluding hydrogens is 338 g/mol. The van der Waals surface area contributed by atoms with Gasteiger partial charge in [-0.25, -0.2) is 4.98 Å². The van der Waals surface area contributed by atoms with Crippen LogP contribution in [0.2, 0.25) is 0 Å². The predicted molar refractivity (Wildman–Crippen MR) is 107 cm³/mol. The van der Waals surface area contributed by atoms with E-state index in [1.54, 1.807) is 6.07 Å². The third kappa shape index (κ3) is 4.82. The number of fused-ring (bicyclic) bond motifs is 1. The van der Waals surface area contributed by atoms with Crippen LogP contribution in [0.5, 0.6) is 0 Å². The number of aromatic nitrogens is 2. The van der Waals surface area contributed by atoms with Crippen LogP contribution in [-0.4, -0.2) is 15.9 Å². The Labute approximate surface area is 158 Å². The number of benzene rings is 2. The van der Waals surface area contributed by atoms with E-state index in [0.29, 0.717) is 41.9 Å². The van der Waals surface area contributed by atoms with Gasteiger partial charge in [0.15, 0.2) is 0 Å². The second kappa shape index (κ2) is 8.62. The molecule has 1 unspecified atom stereocenters. The summed E-state index contributed by atoms with van der Waals surface area (Å²) < 4.78 is 0. The number of para-hydroxylation sites is 1. The van der Waals surface area contributed by atoms with Crippen LogP contribution in [0, 0.1) is 5.92 Å². The molecule has 3 aromatic rings. The summed E-state index contributed by atoms with van der Waals surface area (Å²) in [6.07, 6.45) is 1.59. The predicted octanol–water partition coefficient (Wildman–Crippen LogP) is 3.76. The summed E-state index contributed by atoms with van der Waals surface area (Å²) in [6, 6.07) is 17.3. The summed E-state index contributed by atoms with van der Waals surface area (Å²) >= 11 is 0. The normalized spacial score (nSPS) is 12.3. The first kappa shape index (κ1) is 18.8. The van der Waals surface area contributed by atoms with Crippen molar-refractivity contribution in [2.24, 2.45) is 5.92 Å². The molecule has 1 heterocycles. The van der Waals surface area contributed by atoms with Crippen LogP contribution in [0.15, 0.2) is 59.4 Å². The Hall–Kier alpha value is -2.95. The minimum absolute atomic E-state index is 0.00250. The molecule has 27 heavy (non-hydrogen) atoms. The van der Waals surface area contributed by atoms with E-state index in [1.165, 1.54) is 0 Å². The van der Waals surface area contributed by atoms with E-state index in [1.807, 2.05) is 48.5 Å². The molecule has 0 radical (unpaired) electrons. The van der Waals surface area contributed by atoms with Crippen LogP contribution < -0.4 is 10.9 Å². The number of hydrogen-bond donors (Lipinski definition) is 2. The van der Waals surface area contributed by atoms with Crippen molar-refractivity contribution in [3.63, 3.8) is 0 Å². The smallest absolute Gasteiger partial charge is 0.258 e. The SMILES string of the molecule is CC(C)C(NC(=O)CCCc1nc2ccccc2c(=O)[nH]1)c1ccccc1. The third-order valence-electron chi connectivity index (χ3n) is 4.62. The van der Waals surface area contributed by atoms with Gasteiger partial charge in [-0.2, -0.15) is 0 Å². The highest BCUT2D eigenvalue weighted by Crippen LogP contribution is 2.21. The van der Waals surface area contributed by atoms with Crippen molar-refractivity contribution < 1.29 is 4.79 Å². The molecule has 0 aliphatic heterocycles. The molecule has 2 aromatic carbocycles. The number of carbonyl (C=O) groups is 1. The Morgan fingerprint density at radius 3 is 2.52 bits per heavy atom. The fourth-order valence-corrected chi connectivity index (χ4v) is 3.21. The van der Waals surface area contributed by atoms with Crippen LogP contribution >= 0.6 is 0 Å². The van der Waals surface area contributed by atoms with E-state index in [0.717, 1.165) is 5.56 Å². The number of hydrogen-bond acceptors (Lipinski definition) is 3. The van der Waals surface area contributed by atoms with Crippen molar-refractivity contribution in [3.8, 4) is 0 Å².